The van der Waals surface area contributed by atoms with Gasteiger partial charge in [-0.25, -0.2) is 4.79 Å². The molecule has 5 fully saturated rings. The summed E-state index contributed by atoms with van der Waals surface area (Å²) in [5.41, 5.74) is -0.266. The Morgan fingerprint density at radius 2 is 1.63 bits per heavy atom. The molecular formula is C21H33NO4S. The quantitative estimate of drug-likeness (QED) is 0.566. The summed E-state index contributed by atoms with van der Waals surface area (Å²) in [6, 6.07) is 0. The molecule has 0 atom stereocenters. The minimum Gasteiger partial charge on any atom is -0.465 e. The highest BCUT2D eigenvalue weighted by Gasteiger charge is 2.57. The zero-order valence-corrected chi connectivity index (χ0v) is 17.3. The fourth-order valence-electron chi connectivity index (χ4n) is 6.31. The standard InChI is InChI=1S/C21H33NO4S/c1-21(17-9-15-8-16(11-17)12-18(21)10-15)26-20(24)22-4-2-14(3-5-22)13-19(23)25-6-7-27/h14-18,27H,2-13H2,1H3. The number of amides is 1. The summed E-state index contributed by atoms with van der Waals surface area (Å²) < 4.78 is 11.3. The smallest absolute Gasteiger partial charge is 0.410 e. The van der Waals surface area contributed by atoms with Gasteiger partial charge in [0.1, 0.15) is 12.2 Å². The molecule has 0 spiro atoms. The summed E-state index contributed by atoms with van der Waals surface area (Å²) in [5.74, 6) is 3.56. The summed E-state index contributed by atoms with van der Waals surface area (Å²) in [6.45, 7) is 3.93. The maximum atomic E-state index is 12.9. The van der Waals surface area contributed by atoms with Crippen LogP contribution in [0, 0.1) is 29.6 Å². The fraction of sp³-hybridized carbons (Fsp3) is 0.905. The molecule has 4 saturated carbocycles. The molecule has 0 aromatic heterocycles. The van der Waals surface area contributed by atoms with E-state index in [4.69, 9.17) is 9.47 Å². The Hall–Kier alpha value is -0.910. The average molecular weight is 396 g/mol. The first kappa shape index (κ1) is 19.4. The van der Waals surface area contributed by atoms with Gasteiger partial charge in [0.25, 0.3) is 0 Å². The summed E-state index contributed by atoms with van der Waals surface area (Å²) in [6.07, 6.45) is 8.38. The number of carbonyl (C=O) groups excluding carboxylic acids is 2. The van der Waals surface area contributed by atoms with Crippen LogP contribution in [0.5, 0.6) is 0 Å². The van der Waals surface area contributed by atoms with Crippen molar-refractivity contribution in [3.8, 4) is 0 Å². The van der Waals surface area contributed by atoms with E-state index in [9.17, 15) is 9.59 Å². The molecule has 5 aliphatic rings. The summed E-state index contributed by atoms with van der Waals surface area (Å²) in [5, 5.41) is 0. The molecule has 1 heterocycles. The molecule has 152 valence electrons. The van der Waals surface area contributed by atoms with Crippen molar-refractivity contribution in [2.75, 3.05) is 25.4 Å². The van der Waals surface area contributed by atoms with Crippen molar-refractivity contribution in [2.24, 2.45) is 29.6 Å². The zero-order valence-electron chi connectivity index (χ0n) is 16.4. The van der Waals surface area contributed by atoms with Gasteiger partial charge in [-0.3, -0.25) is 4.79 Å². The van der Waals surface area contributed by atoms with E-state index < -0.39 is 0 Å². The monoisotopic (exact) mass is 395 g/mol. The lowest BCUT2D eigenvalue weighted by Crippen LogP contribution is -2.59. The first-order chi connectivity index (χ1) is 13.0. The van der Waals surface area contributed by atoms with Crippen LogP contribution < -0.4 is 0 Å². The highest BCUT2D eigenvalue weighted by molar-refractivity contribution is 7.80. The third-order valence-electron chi connectivity index (χ3n) is 7.75. The van der Waals surface area contributed by atoms with Crippen LogP contribution in [-0.2, 0) is 14.3 Å². The van der Waals surface area contributed by atoms with E-state index in [-0.39, 0.29) is 17.7 Å². The Balaban J connectivity index is 1.27. The van der Waals surface area contributed by atoms with Gasteiger partial charge < -0.3 is 14.4 Å². The molecule has 5 rings (SSSR count). The maximum Gasteiger partial charge on any atom is 0.410 e. The zero-order chi connectivity index (χ0) is 19.0. The molecular weight excluding hydrogens is 362 g/mol. The molecule has 6 heteroatoms. The molecule has 0 aromatic carbocycles. The van der Waals surface area contributed by atoms with Crippen molar-refractivity contribution in [3.63, 3.8) is 0 Å². The van der Waals surface area contributed by atoms with Gasteiger partial charge in [-0.1, -0.05) is 0 Å². The third kappa shape index (κ3) is 3.96. The number of hydrogen-bond acceptors (Lipinski definition) is 5. The molecule has 0 N–H and O–H groups in total. The van der Waals surface area contributed by atoms with Crippen LogP contribution in [0.1, 0.15) is 58.3 Å². The predicted molar refractivity (Wildman–Crippen MR) is 106 cm³/mol. The van der Waals surface area contributed by atoms with Crippen LogP contribution >= 0.6 is 12.6 Å². The van der Waals surface area contributed by atoms with E-state index in [1.807, 2.05) is 4.90 Å². The number of carbonyl (C=O) groups is 2. The molecule has 1 saturated heterocycles. The molecule has 27 heavy (non-hydrogen) atoms. The molecule has 0 radical (unpaired) electrons. The Morgan fingerprint density at radius 1 is 1.04 bits per heavy atom. The Bertz CT molecular complexity index is 545. The number of piperidine rings is 1. The van der Waals surface area contributed by atoms with Crippen molar-refractivity contribution in [2.45, 2.75) is 63.9 Å². The van der Waals surface area contributed by atoms with Crippen LogP contribution in [-0.4, -0.2) is 48.0 Å². The highest BCUT2D eigenvalue weighted by atomic mass is 32.1. The molecule has 1 amide bonds. The van der Waals surface area contributed by atoms with E-state index in [1.54, 1.807) is 0 Å². The van der Waals surface area contributed by atoms with Gasteiger partial charge in [0, 0.05) is 25.3 Å². The Labute approximate surface area is 167 Å². The van der Waals surface area contributed by atoms with Crippen molar-refractivity contribution in [1.29, 1.82) is 0 Å². The SMILES string of the molecule is CC1(OC(=O)N2CCC(CC(=O)OCCS)CC2)C2CC3CC(C2)CC1C3. The second-order valence-electron chi connectivity index (χ2n) is 9.43. The van der Waals surface area contributed by atoms with Gasteiger partial charge in [0.15, 0.2) is 0 Å². The first-order valence-electron chi connectivity index (χ1n) is 10.7. The third-order valence-corrected chi connectivity index (χ3v) is 7.93. The summed E-state index contributed by atoms with van der Waals surface area (Å²) in [7, 11) is 0. The van der Waals surface area contributed by atoms with E-state index in [0.717, 1.165) is 24.7 Å². The lowest BCUT2D eigenvalue weighted by Gasteiger charge is -2.59. The number of hydrogen-bond donors (Lipinski definition) is 1. The van der Waals surface area contributed by atoms with Crippen molar-refractivity contribution < 1.29 is 19.1 Å². The van der Waals surface area contributed by atoms with Gasteiger partial charge in [0.05, 0.1) is 0 Å². The number of thiol groups is 1. The average Bonchev–Trinajstić information content (AvgIpc) is 2.64. The number of ether oxygens (including phenoxy) is 2. The Kier molecular flexibility index (Phi) is 5.64. The van der Waals surface area contributed by atoms with Crippen LogP contribution in [0.15, 0.2) is 0 Å². The van der Waals surface area contributed by atoms with Gasteiger partial charge in [0.2, 0.25) is 0 Å². The maximum absolute atomic E-state index is 12.9. The van der Waals surface area contributed by atoms with Crippen LogP contribution in [0.2, 0.25) is 0 Å². The van der Waals surface area contributed by atoms with Crippen LogP contribution in [0.3, 0.4) is 0 Å². The first-order valence-corrected chi connectivity index (χ1v) is 11.4. The van der Waals surface area contributed by atoms with E-state index >= 15 is 0 Å². The summed E-state index contributed by atoms with van der Waals surface area (Å²) >= 11 is 4.05. The minimum absolute atomic E-state index is 0.138. The summed E-state index contributed by atoms with van der Waals surface area (Å²) in [4.78, 5) is 26.5. The lowest BCUT2D eigenvalue weighted by atomic mass is 9.50. The second-order valence-corrected chi connectivity index (χ2v) is 9.88. The fourth-order valence-corrected chi connectivity index (χ4v) is 6.40. The topological polar surface area (TPSA) is 55.8 Å². The van der Waals surface area contributed by atoms with Gasteiger partial charge in [-0.15, -0.1) is 0 Å². The van der Waals surface area contributed by atoms with Crippen LogP contribution in [0.4, 0.5) is 4.79 Å². The van der Waals surface area contributed by atoms with Gasteiger partial charge in [-0.05, 0) is 81.5 Å². The highest BCUT2D eigenvalue weighted by Crippen LogP contribution is 2.59. The van der Waals surface area contributed by atoms with Crippen LogP contribution in [0.25, 0.3) is 0 Å². The molecule has 1 aliphatic heterocycles. The predicted octanol–water partition coefficient (Wildman–Crippen LogP) is 3.91. The van der Waals surface area contributed by atoms with Gasteiger partial charge >= 0.3 is 12.1 Å². The van der Waals surface area contributed by atoms with Crippen molar-refractivity contribution >= 4 is 24.7 Å². The minimum atomic E-state index is -0.266. The number of rotatable bonds is 5. The van der Waals surface area contributed by atoms with E-state index in [2.05, 4.69) is 19.6 Å². The molecule has 5 nitrogen and oxygen atoms in total. The van der Waals surface area contributed by atoms with Crippen molar-refractivity contribution in [1.82, 2.24) is 4.90 Å². The van der Waals surface area contributed by atoms with Crippen molar-refractivity contribution in [3.05, 3.63) is 0 Å². The number of esters is 1. The molecule has 4 aliphatic carbocycles. The van der Waals surface area contributed by atoms with E-state index in [1.165, 1.54) is 32.1 Å². The Morgan fingerprint density at radius 3 is 2.19 bits per heavy atom. The largest absolute Gasteiger partial charge is 0.465 e. The molecule has 4 bridgehead atoms. The number of nitrogens with zero attached hydrogens (tertiary/aromatic N) is 1. The van der Waals surface area contributed by atoms with E-state index in [0.29, 0.717) is 49.6 Å². The second kappa shape index (κ2) is 7.84. The lowest BCUT2D eigenvalue weighted by molar-refractivity contribution is -0.168. The number of likely N-dealkylation sites (tertiary alicyclic amines) is 1. The molecule has 0 unspecified atom stereocenters. The van der Waals surface area contributed by atoms with Gasteiger partial charge in [-0.2, -0.15) is 12.6 Å². The molecule has 0 aromatic rings. The normalized spacial score (nSPS) is 38.1.